The van der Waals surface area contributed by atoms with Crippen LogP contribution in [0.3, 0.4) is 0 Å². The van der Waals surface area contributed by atoms with Crippen molar-refractivity contribution in [2.24, 2.45) is 0 Å². The predicted octanol–water partition coefficient (Wildman–Crippen LogP) is 5.10. The van der Waals surface area contributed by atoms with E-state index in [2.05, 4.69) is 55.5 Å². The molecule has 110 valence electrons. The summed E-state index contributed by atoms with van der Waals surface area (Å²) in [5, 5.41) is 0. The van der Waals surface area contributed by atoms with E-state index in [9.17, 15) is 0 Å². The first-order valence-electron chi connectivity index (χ1n) is 7.33. The molecule has 2 aromatic rings. The summed E-state index contributed by atoms with van der Waals surface area (Å²) in [5.74, 6) is 3.51. The molecule has 3 rings (SSSR count). The zero-order valence-corrected chi connectivity index (χ0v) is 13.9. The Morgan fingerprint density at radius 1 is 0.952 bits per heavy atom. The van der Waals surface area contributed by atoms with Crippen molar-refractivity contribution < 1.29 is 4.74 Å². The molecule has 0 aliphatic carbocycles. The van der Waals surface area contributed by atoms with Crippen LogP contribution in [0.5, 0.6) is 5.75 Å². The molecule has 0 unspecified atom stereocenters. The average molecular weight is 316 g/mol. The van der Waals surface area contributed by atoms with E-state index < -0.39 is 0 Å². The van der Waals surface area contributed by atoms with Gasteiger partial charge in [-0.1, -0.05) is 42.0 Å². The lowest BCUT2D eigenvalue weighted by atomic mass is 10.1. The van der Waals surface area contributed by atoms with Crippen molar-refractivity contribution in [3.63, 3.8) is 0 Å². The van der Waals surface area contributed by atoms with Gasteiger partial charge in [-0.2, -0.15) is 0 Å². The van der Waals surface area contributed by atoms with Gasteiger partial charge in [0.25, 0.3) is 0 Å². The highest BCUT2D eigenvalue weighted by Gasteiger charge is 2.17. The second-order valence-electron chi connectivity index (χ2n) is 5.23. The zero-order chi connectivity index (χ0) is 14.5. The number of hydrogen-bond donors (Lipinski definition) is 0. The quantitative estimate of drug-likeness (QED) is 0.760. The molecular formula is C18H20OS2. The Labute approximate surface area is 135 Å². The van der Waals surface area contributed by atoms with Gasteiger partial charge in [0, 0.05) is 17.9 Å². The maximum atomic E-state index is 5.84. The van der Waals surface area contributed by atoms with Gasteiger partial charge in [0.15, 0.2) is 0 Å². The number of aryl methyl sites for hydroxylation is 1. The van der Waals surface area contributed by atoms with Crippen LogP contribution in [0.2, 0.25) is 0 Å². The summed E-state index contributed by atoms with van der Waals surface area (Å²) < 4.78 is 6.46. The van der Waals surface area contributed by atoms with Gasteiger partial charge in [-0.3, -0.25) is 0 Å². The van der Waals surface area contributed by atoms with Gasteiger partial charge in [-0.15, -0.1) is 23.5 Å². The lowest BCUT2D eigenvalue weighted by molar-refractivity contribution is 0.322. The number of hydrogen-bond acceptors (Lipinski definition) is 3. The number of thioether (sulfide) groups is 2. The van der Waals surface area contributed by atoms with Gasteiger partial charge in [0.05, 0.1) is 11.2 Å². The van der Waals surface area contributed by atoms with Gasteiger partial charge in [-0.05, 0) is 30.2 Å². The highest BCUT2D eigenvalue weighted by molar-refractivity contribution is 8.19. The molecule has 1 fully saturated rings. The molecule has 2 aromatic carbocycles. The van der Waals surface area contributed by atoms with Gasteiger partial charge in [0.2, 0.25) is 0 Å². The maximum absolute atomic E-state index is 5.84. The minimum atomic E-state index is 0.617. The Hall–Kier alpha value is -1.06. The summed E-state index contributed by atoms with van der Waals surface area (Å²) in [6, 6.07) is 17.3. The van der Waals surface area contributed by atoms with E-state index in [0.29, 0.717) is 4.58 Å². The van der Waals surface area contributed by atoms with Crippen LogP contribution in [-0.2, 0) is 6.42 Å². The number of rotatable bonds is 5. The van der Waals surface area contributed by atoms with E-state index in [1.54, 1.807) is 0 Å². The number of ether oxygens (including phenoxy) is 1. The molecular weight excluding hydrogens is 296 g/mol. The molecule has 0 aromatic heterocycles. The van der Waals surface area contributed by atoms with E-state index in [1.165, 1.54) is 28.2 Å². The molecule has 0 amide bonds. The summed E-state index contributed by atoms with van der Waals surface area (Å²) in [6.45, 7) is 2.85. The highest BCUT2D eigenvalue weighted by atomic mass is 32.2. The van der Waals surface area contributed by atoms with Crippen LogP contribution in [0.25, 0.3) is 0 Å². The summed E-state index contributed by atoms with van der Waals surface area (Å²) in [7, 11) is 0. The van der Waals surface area contributed by atoms with Crippen LogP contribution < -0.4 is 4.74 Å². The lowest BCUT2D eigenvalue weighted by Gasteiger charge is -2.10. The lowest BCUT2D eigenvalue weighted by Crippen LogP contribution is -2.01. The minimum Gasteiger partial charge on any atom is -0.493 e. The van der Waals surface area contributed by atoms with Crippen LogP contribution in [0.1, 0.15) is 21.3 Å². The van der Waals surface area contributed by atoms with Crippen LogP contribution in [0.15, 0.2) is 48.5 Å². The topological polar surface area (TPSA) is 9.23 Å². The molecule has 0 saturated carbocycles. The summed E-state index contributed by atoms with van der Waals surface area (Å²) in [5.41, 5.74) is 4.04. The minimum absolute atomic E-state index is 0.617. The van der Waals surface area contributed by atoms with E-state index in [4.69, 9.17) is 4.74 Å². The molecule has 1 aliphatic heterocycles. The molecule has 0 spiro atoms. The van der Waals surface area contributed by atoms with Gasteiger partial charge in [0.1, 0.15) is 5.75 Å². The Morgan fingerprint density at radius 3 is 2.29 bits per heavy atom. The predicted molar refractivity (Wildman–Crippen MR) is 94.5 cm³/mol. The molecule has 0 atom stereocenters. The zero-order valence-electron chi connectivity index (χ0n) is 12.2. The normalized spacial score (nSPS) is 15.3. The molecule has 0 N–H and O–H groups in total. The molecule has 1 nitrogen and oxygen atoms in total. The molecule has 1 aliphatic rings. The fraction of sp³-hybridized carbons (Fsp3) is 0.333. The Balaban J connectivity index is 1.50. The third-order valence-corrected chi connectivity index (χ3v) is 6.66. The van der Waals surface area contributed by atoms with Crippen molar-refractivity contribution in [3.05, 3.63) is 65.2 Å². The van der Waals surface area contributed by atoms with Crippen molar-refractivity contribution in [1.82, 2.24) is 0 Å². The van der Waals surface area contributed by atoms with Crippen molar-refractivity contribution in [3.8, 4) is 5.75 Å². The second-order valence-corrected chi connectivity index (χ2v) is 7.95. The smallest absolute Gasteiger partial charge is 0.119 e. The summed E-state index contributed by atoms with van der Waals surface area (Å²) in [4.78, 5) is 0. The maximum Gasteiger partial charge on any atom is 0.119 e. The Kier molecular flexibility index (Phi) is 5.15. The molecule has 1 saturated heterocycles. The molecule has 1 heterocycles. The van der Waals surface area contributed by atoms with Crippen LogP contribution in [0, 0.1) is 6.92 Å². The number of benzene rings is 2. The molecule has 0 radical (unpaired) electrons. The van der Waals surface area contributed by atoms with Gasteiger partial charge in [-0.25, -0.2) is 0 Å². The third-order valence-electron chi connectivity index (χ3n) is 3.55. The largest absolute Gasteiger partial charge is 0.493 e. The first-order valence-corrected chi connectivity index (χ1v) is 9.42. The van der Waals surface area contributed by atoms with E-state index >= 15 is 0 Å². The van der Waals surface area contributed by atoms with E-state index in [-0.39, 0.29) is 0 Å². The average Bonchev–Trinajstić information content (AvgIpc) is 3.04. The van der Waals surface area contributed by atoms with Crippen LogP contribution in [0.4, 0.5) is 0 Å². The Bertz CT molecular complexity index is 557. The third kappa shape index (κ3) is 4.21. The summed E-state index contributed by atoms with van der Waals surface area (Å²) >= 11 is 4.08. The first-order chi connectivity index (χ1) is 10.3. The fourth-order valence-electron chi connectivity index (χ4n) is 2.31. The molecule has 21 heavy (non-hydrogen) atoms. The molecule has 0 bridgehead atoms. The van der Waals surface area contributed by atoms with Crippen LogP contribution >= 0.6 is 23.5 Å². The standard InChI is InChI=1S/C18H20OS2/c1-14-2-4-15(5-3-14)10-11-19-17-8-6-16(7-9-17)18-20-12-13-21-18/h2-9,18H,10-13H2,1H3. The monoisotopic (exact) mass is 316 g/mol. The fourth-order valence-corrected chi connectivity index (χ4v) is 5.17. The first kappa shape index (κ1) is 14.9. The van der Waals surface area contributed by atoms with Crippen molar-refractivity contribution in [2.75, 3.05) is 18.1 Å². The van der Waals surface area contributed by atoms with Gasteiger partial charge < -0.3 is 4.74 Å². The Morgan fingerprint density at radius 2 is 1.62 bits per heavy atom. The van der Waals surface area contributed by atoms with E-state index in [1.807, 2.05) is 23.5 Å². The second kappa shape index (κ2) is 7.28. The molecule has 3 heteroatoms. The summed E-state index contributed by atoms with van der Waals surface area (Å²) in [6.07, 6.45) is 0.955. The van der Waals surface area contributed by atoms with Crippen molar-refractivity contribution in [1.29, 1.82) is 0 Å². The van der Waals surface area contributed by atoms with Crippen molar-refractivity contribution >= 4 is 23.5 Å². The van der Waals surface area contributed by atoms with Crippen LogP contribution in [-0.4, -0.2) is 18.1 Å². The van der Waals surface area contributed by atoms with Crippen molar-refractivity contribution in [2.45, 2.75) is 17.9 Å². The highest BCUT2D eigenvalue weighted by Crippen LogP contribution is 2.45. The SMILES string of the molecule is Cc1ccc(CCOc2ccc(C3SCCS3)cc2)cc1. The van der Waals surface area contributed by atoms with E-state index in [0.717, 1.165) is 18.8 Å². The van der Waals surface area contributed by atoms with Gasteiger partial charge >= 0.3 is 0 Å².